The summed E-state index contributed by atoms with van der Waals surface area (Å²) >= 11 is 0. The zero-order valence-electron chi connectivity index (χ0n) is 15.8. The Balaban J connectivity index is 2.48. The number of alkyl halides is 2. The van der Waals surface area contributed by atoms with Crippen LogP contribution in [-0.4, -0.2) is 44.2 Å². The first-order valence-electron chi connectivity index (χ1n) is 8.48. The first kappa shape index (κ1) is 23.1. The molecule has 0 bridgehead atoms. The summed E-state index contributed by atoms with van der Waals surface area (Å²) in [6.07, 6.45) is 2.86. The number of nitrogens with one attached hydrogen (secondary N) is 1. The molecule has 9 heteroatoms. The van der Waals surface area contributed by atoms with E-state index < -0.39 is 37.1 Å². The van der Waals surface area contributed by atoms with E-state index in [0.29, 0.717) is 12.0 Å². The minimum absolute atomic E-state index is 0.00652. The second-order valence-corrected chi connectivity index (χ2v) is 6.16. The van der Waals surface area contributed by atoms with Gasteiger partial charge in [0.2, 0.25) is 0 Å². The zero-order valence-corrected chi connectivity index (χ0v) is 15.8. The van der Waals surface area contributed by atoms with Crippen molar-refractivity contribution in [3.8, 4) is 5.75 Å². The van der Waals surface area contributed by atoms with Gasteiger partial charge >= 0.3 is 18.6 Å². The van der Waals surface area contributed by atoms with E-state index in [1.807, 2.05) is 13.8 Å². The van der Waals surface area contributed by atoms with Gasteiger partial charge in [0, 0.05) is 6.08 Å². The fourth-order valence-corrected chi connectivity index (χ4v) is 2.17. The lowest BCUT2D eigenvalue weighted by Crippen LogP contribution is -2.44. The molecule has 1 rings (SSSR count). The van der Waals surface area contributed by atoms with E-state index in [0.717, 1.165) is 6.08 Å². The summed E-state index contributed by atoms with van der Waals surface area (Å²) in [6.45, 7) is 0.301. The number of methoxy groups -OCH3 is 1. The summed E-state index contributed by atoms with van der Waals surface area (Å²) in [5.74, 6) is -1.85. The van der Waals surface area contributed by atoms with Gasteiger partial charge in [0.15, 0.2) is 6.61 Å². The highest BCUT2D eigenvalue weighted by molar-refractivity contribution is 5.90. The van der Waals surface area contributed by atoms with Crippen LogP contribution in [0.25, 0.3) is 6.08 Å². The van der Waals surface area contributed by atoms with Crippen LogP contribution in [0.1, 0.15) is 25.8 Å². The third kappa shape index (κ3) is 9.11. The minimum Gasteiger partial charge on any atom is -0.467 e. The number of hydrogen-bond acceptors (Lipinski definition) is 6. The molecule has 1 N–H and O–H groups in total. The number of carbonyl (C=O) groups is 3. The van der Waals surface area contributed by atoms with Crippen LogP contribution in [0.4, 0.5) is 8.78 Å². The fraction of sp³-hybridized carbons (Fsp3) is 0.421. The van der Waals surface area contributed by atoms with E-state index in [1.54, 1.807) is 0 Å². The summed E-state index contributed by atoms with van der Waals surface area (Å²) in [4.78, 5) is 35.2. The number of benzene rings is 1. The quantitative estimate of drug-likeness (QED) is 0.480. The first-order valence-corrected chi connectivity index (χ1v) is 8.48. The largest absolute Gasteiger partial charge is 0.467 e. The third-order valence-electron chi connectivity index (χ3n) is 3.39. The minimum atomic E-state index is -2.91. The number of rotatable bonds is 10. The Hall–Kier alpha value is -2.97. The standard InChI is InChI=1S/C19H23F2NO6/c1-12(2)10-15(18(25)26-3)22-16(23)11-27-17(24)9-6-13-4-7-14(8-5-13)28-19(20)21/h4-9,12,15,19H,10-11H2,1-3H3,(H,22,23)/b9-6+/t15-/m0/s1. The molecule has 1 amide bonds. The number of ether oxygens (including phenoxy) is 3. The average Bonchev–Trinajstić information content (AvgIpc) is 2.63. The average molecular weight is 399 g/mol. The molecule has 1 aromatic carbocycles. The van der Waals surface area contributed by atoms with E-state index in [2.05, 4.69) is 14.8 Å². The van der Waals surface area contributed by atoms with E-state index in [9.17, 15) is 23.2 Å². The summed E-state index contributed by atoms with van der Waals surface area (Å²) in [5.41, 5.74) is 0.547. The third-order valence-corrected chi connectivity index (χ3v) is 3.39. The predicted octanol–water partition coefficient (Wildman–Crippen LogP) is 2.55. The van der Waals surface area contributed by atoms with Crippen molar-refractivity contribution in [1.29, 1.82) is 0 Å². The van der Waals surface area contributed by atoms with E-state index in [4.69, 9.17) is 4.74 Å². The smallest absolute Gasteiger partial charge is 0.387 e. The van der Waals surface area contributed by atoms with Crippen molar-refractivity contribution in [1.82, 2.24) is 5.32 Å². The van der Waals surface area contributed by atoms with Crippen LogP contribution in [0.2, 0.25) is 0 Å². The molecular weight excluding hydrogens is 376 g/mol. The number of carbonyl (C=O) groups excluding carboxylic acids is 3. The van der Waals surface area contributed by atoms with Crippen molar-refractivity contribution in [2.75, 3.05) is 13.7 Å². The van der Waals surface area contributed by atoms with Crippen molar-refractivity contribution in [3.63, 3.8) is 0 Å². The lowest BCUT2D eigenvalue weighted by atomic mass is 10.0. The maximum absolute atomic E-state index is 12.1. The summed E-state index contributed by atoms with van der Waals surface area (Å²) in [6, 6.07) is 4.78. The van der Waals surface area contributed by atoms with Gasteiger partial charge in [0.25, 0.3) is 5.91 Å². The van der Waals surface area contributed by atoms with E-state index in [1.165, 1.54) is 37.5 Å². The lowest BCUT2D eigenvalue weighted by molar-refractivity contribution is -0.148. The Bertz CT molecular complexity index is 688. The SMILES string of the molecule is COC(=O)[C@H](CC(C)C)NC(=O)COC(=O)/C=C/c1ccc(OC(F)F)cc1. The molecule has 0 aliphatic heterocycles. The maximum Gasteiger partial charge on any atom is 0.387 e. The van der Waals surface area contributed by atoms with Crippen molar-refractivity contribution in [2.45, 2.75) is 32.9 Å². The molecular formula is C19H23F2NO6. The number of hydrogen-bond donors (Lipinski definition) is 1. The van der Waals surface area contributed by atoms with Gasteiger partial charge < -0.3 is 19.5 Å². The Morgan fingerprint density at radius 3 is 2.32 bits per heavy atom. The molecule has 154 valence electrons. The Labute approximate surface area is 161 Å². The number of amides is 1. The second kappa shape index (κ2) is 11.7. The van der Waals surface area contributed by atoms with Crippen LogP contribution < -0.4 is 10.1 Å². The zero-order chi connectivity index (χ0) is 21.1. The second-order valence-electron chi connectivity index (χ2n) is 6.16. The van der Waals surface area contributed by atoms with Gasteiger partial charge in [-0.15, -0.1) is 0 Å². The van der Waals surface area contributed by atoms with Crippen molar-refractivity contribution < 1.29 is 37.4 Å². The molecule has 0 unspecified atom stereocenters. The summed E-state index contributed by atoms with van der Waals surface area (Å²) < 4.78 is 37.8. The monoisotopic (exact) mass is 399 g/mol. The van der Waals surface area contributed by atoms with Gasteiger partial charge in [0.05, 0.1) is 7.11 Å². The molecule has 0 saturated heterocycles. The molecule has 1 aromatic rings. The van der Waals surface area contributed by atoms with Gasteiger partial charge in [-0.25, -0.2) is 9.59 Å². The molecule has 0 aromatic heterocycles. The van der Waals surface area contributed by atoms with Crippen LogP contribution >= 0.6 is 0 Å². The van der Waals surface area contributed by atoms with Crippen LogP contribution in [-0.2, 0) is 23.9 Å². The van der Waals surface area contributed by atoms with Gasteiger partial charge in [-0.3, -0.25) is 4.79 Å². The Morgan fingerprint density at radius 2 is 1.79 bits per heavy atom. The van der Waals surface area contributed by atoms with Gasteiger partial charge in [0.1, 0.15) is 11.8 Å². The first-order chi connectivity index (χ1) is 13.2. The van der Waals surface area contributed by atoms with Gasteiger partial charge in [-0.1, -0.05) is 26.0 Å². The van der Waals surface area contributed by atoms with Gasteiger partial charge in [-0.2, -0.15) is 8.78 Å². The molecule has 0 radical (unpaired) electrons. The van der Waals surface area contributed by atoms with Crippen LogP contribution in [0.3, 0.4) is 0 Å². The molecule has 7 nitrogen and oxygen atoms in total. The lowest BCUT2D eigenvalue weighted by Gasteiger charge is -2.18. The Morgan fingerprint density at radius 1 is 1.14 bits per heavy atom. The molecule has 0 aliphatic rings. The van der Waals surface area contributed by atoms with Crippen LogP contribution in [0.5, 0.6) is 5.75 Å². The normalized spacial score (nSPS) is 12.1. The molecule has 0 spiro atoms. The molecule has 0 fully saturated rings. The molecule has 28 heavy (non-hydrogen) atoms. The van der Waals surface area contributed by atoms with Crippen molar-refractivity contribution in [3.05, 3.63) is 35.9 Å². The summed E-state index contributed by atoms with van der Waals surface area (Å²) in [5, 5.41) is 2.46. The van der Waals surface area contributed by atoms with E-state index >= 15 is 0 Å². The maximum atomic E-state index is 12.1. The van der Waals surface area contributed by atoms with E-state index in [-0.39, 0.29) is 11.7 Å². The number of esters is 2. The van der Waals surface area contributed by atoms with Crippen molar-refractivity contribution >= 4 is 23.9 Å². The topological polar surface area (TPSA) is 90.9 Å². The molecule has 0 saturated carbocycles. The Kier molecular flexibility index (Phi) is 9.63. The van der Waals surface area contributed by atoms with Crippen molar-refractivity contribution in [2.24, 2.45) is 5.92 Å². The summed E-state index contributed by atoms with van der Waals surface area (Å²) in [7, 11) is 1.22. The van der Waals surface area contributed by atoms with Gasteiger partial charge in [-0.05, 0) is 36.1 Å². The highest BCUT2D eigenvalue weighted by atomic mass is 19.3. The number of halogens is 2. The van der Waals surface area contributed by atoms with Crippen LogP contribution in [0, 0.1) is 5.92 Å². The predicted molar refractivity (Wildman–Crippen MR) is 96.5 cm³/mol. The highest BCUT2D eigenvalue weighted by Gasteiger charge is 2.22. The molecule has 0 aliphatic carbocycles. The molecule has 0 heterocycles. The van der Waals surface area contributed by atoms with Crippen LogP contribution in [0.15, 0.2) is 30.3 Å². The fourth-order valence-electron chi connectivity index (χ4n) is 2.17. The highest BCUT2D eigenvalue weighted by Crippen LogP contribution is 2.15. The molecule has 1 atom stereocenters.